The minimum absolute atomic E-state index is 0.0435. The number of nitrogens with one attached hydrogen (secondary N) is 2. The minimum atomic E-state index is -0.0435. The molecule has 1 saturated carbocycles. The van der Waals surface area contributed by atoms with Gasteiger partial charge in [-0.15, -0.1) is 0 Å². The van der Waals surface area contributed by atoms with E-state index < -0.39 is 0 Å². The topological polar surface area (TPSA) is 76.7 Å². The molecule has 30 heavy (non-hydrogen) atoms. The van der Waals surface area contributed by atoms with Gasteiger partial charge in [-0.2, -0.15) is 0 Å². The molecule has 1 fully saturated rings. The van der Waals surface area contributed by atoms with Crippen LogP contribution in [0.15, 0.2) is 48.5 Å². The van der Waals surface area contributed by atoms with Gasteiger partial charge < -0.3 is 20.1 Å². The van der Waals surface area contributed by atoms with E-state index in [1.165, 1.54) is 0 Å². The number of para-hydroxylation sites is 2. The summed E-state index contributed by atoms with van der Waals surface area (Å²) in [6.07, 6.45) is 2.91. The van der Waals surface area contributed by atoms with Crippen LogP contribution in [0.25, 0.3) is 0 Å². The Labute approximate surface area is 178 Å². The number of carbonyl (C=O) groups is 2. The van der Waals surface area contributed by atoms with Crippen LogP contribution in [0.5, 0.6) is 11.5 Å². The van der Waals surface area contributed by atoms with Gasteiger partial charge in [0.2, 0.25) is 11.8 Å². The van der Waals surface area contributed by atoms with E-state index in [2.05, 4.69) is 10.6 Å². The number of rotatable bonds is 8. The minimum Gasteiger partial charge on any atom is -0.496 e. The summed E-state index contributed by atoms with van der Waals surface area (Å²) >= 11 is 0. The van der Waals surface area contributed by atoms with E-state index in [4.69, 9.17) is 9.47 Å². The Morgan fingerprint density at radius 3 is 1.47 bits per heavy atom. The molecule has 0 atom stereocenters. The quantitative estimate of drug-likeness (QED) is 0.699. The maximum absolute atomic E-state index is 12.6. The highest BCUT2D eigenvalue weighted by atomic mass is 16.5. The Morgan fingerprint density at radius 1 is 0.733 bits per heavy atom. The van der Waals surface area contributed by atoms with Crippen LogP contribution in [0.3, 0.4) is 0 Å². The zero-order valence-corrected chi connectivity index (χ0v) is 17.6. The maximum atomic E-state index is 12.6. The molecule has 0 saturated heterocycles. The first kappa shape index (κ1) is 21.7. The highest BCUT2D eigenvalue weighted by Crippen LogP contribution is 2.29. The molecule has 0 heterocycles. The van der Waals surface area contributed by atoms with E-state index in [9.17, 15) is 9.59 Å². The Bertz CT molecular complexity index is 788. The highest BCUT2D eigenvalue weighted by Gasteiger charge is 2.29. The van der Waals surface area contributed by atoms with Crippen molar-refractivity contribution >= 4 is 11.8 Å². The molecule has 1 aliphatic rings. The fourth-order valence-electron chi connectivity index (χ4n) is 3.97. The summed E-state index contributed by atoms with van der Waals surface area (Å²) in [6.45, 7) is 0.893. The van der Waals surface area contributed by atoms with Crippen molar-refractivity contribution in [2.75, 3.05) is 14.2 Å². The molecule has 6 heteroatoms. The standard InChI is InChI=1S/C24H30N2O4/c1-29-21-9-5-3-7-19(21)15-25-23(27)17-11-13-18(14-12-17)24(28)26-16-20-8-4-6-10-22(20)30-2/h3-10,17-18H,11-16H2,1-2H3,(H,25,27)(H,26,28). The second-order valence-corrected chi connectivity index (χ2v) is 7.61. The van der Waals surface area contributed by atoms with Crippen molar-refractivity contribution in [1.82, 2.24) is 10.6 Å². The Hall–Kier alpha value is -3.02. The monoisotopic (exact) mass is 410 g/mol. The first-order chi connectivity index (χ1) is 14.6. The second-order valence-electron chi connectivity index (χ2n) is 7.61. The van der Waals surface area contributed by atoms with Crippen molar-refractivity contribution in [2.24, 2.45) is 11.8 Å². The van der Waals surface area contributed by atoms with Gasteiger partial charge in [-0.25, -0.2) is 0 Å². The van der Waals surface area contributed by atoms with Crippen molar-refractivity contribution in [3.8, 4) is 11.5 Å². The third-order valence-corrected chi connectivity index (χ3v) is 5.76. The number of benzene rings is 2. The van der Waals surface area contributed by atoms with Crippen LogP contribution in [0, 0.1) is 11.8 Å². The third-order valence-electron chi connectivity index (χ3n) is 5.76. The summed E-state index contributed by atoms with van der Waals surface area (Å²) in [6, 6.07) is 15.3. The summed E-state index contributed by atoms with van der Waals surface area (Å²) in [5.74, 6) is 1.56. The molecule has 0 aromatic heterocycles. The number of carbonyl (C=O) groups excluding carboxylic acids is 2. The van der Waals surface area contributed by atoms with Crippen LogP contribution >= 0.6 is 0 Å². The normalized spacial score (nSPS) is 18.3. The first-order valence-electron chi connectivity index (χ1n) is 10.4. The molecule has 2 amide bonds. The summed E-state index contributed by atoms with van der Waals surface area (Å²) in [5, 5.41) is 6.03. The average Bonchev–Trinajstić information content (AvgIpc) is 2.81. The largest absolute Gasteiger partial charge is 0.496 e. The van der Waals surface area contributed by atoms with Crippen LogP contribution < -0.4 is 20.1 Å². The molecule has 2 aromatic carbocycles. The molecule has 0 aliphatic heterocycles. The van der Waals surface area contributed by atoms with E-state index in [0.29, 0.717) is 13.1 Å². The van der Waals surface area contributed by atoms with Gasteiger partial charge in [-0.1, -0.05) is 36.4 Å². The van der Waals surface area contributed by atoms with Gasteiger partial charge in [0.25, 0.3) is 0 Å². The van der Waals surface area contributed by atoms with E-state index in [-0.39, 0.29) is 23.7 Å². The fourth-order valence-corrected chi connectivity index (χ4v) is 3.97. The van der Waals surface area contributed by atoms with Crippen LogP contribution in [-0.4, -0.2) is 26.0 Å². The zero-order chi connectivity index (χ0) is 21.3. The molecule has 2 aromatic rings. The average molecular weight is 411 g/mol. The molecule has 2 N–H and O–H groups in total. The van der Waals surface area contributed by atoms with Crippen LogP contribution in [-0.2, 0) is 22.7 Å². The van der Waals surface area contributed by atoms with Gasteiger partial charge in [0.15, 0.2) is 0 Å². The molecule has 160 valence electrons. The first-order valence-corrected chi connectivity index (χ1v) is 10.4. The summed E-state index contributed by atoms with van der Waals surface area (Å²) < 4.78 is 10.7. The third kappa shape index (κ3) is 5.53. The van der Waals surface area contributed by atoms with E-state index in [0.717, 1.165) is 48.3 Å². The zero-order valence-electron chi connectivity index (χ0n) is 17.6. The molecule has 0 unspecified atom stereocenters. The molecular weight excluding hydrogens is 380 g/mol. The van der Waals surface area contributed by atoms with Crippen molar-refractivity contribution < 1.29 is 19.1 Å². The number of hydrogen-bond donors (Lipinski definition) is 2. The van der Waals surface area contributed by atoms with Crippen LogP contribution in [0.1, 0.15) is 36.8 Å². The predicted octanol–water partition coefficient (Wildman–Crippen LogP) is 3.44. The van der Waals surface area contributed by atoms with Gasteiger partial charge in [0, 0.05) is 36.1 Å². The molecule has 1 aliphatic carbocycles. The summed E-state index contributed by atoms with van der Waals surface area (Å²) in [4.78, 5) is 25.1. The Morgan fingerprint density at radius 2 is 1.10 bits per heavy atom. The lowest BCUT2D eigenvalue weighted by Gasteiger charge is -2.27. The van der Waals surface area contributed by atoms with Gasteiger partial charge in [-0.3, -0.25) is 9.59 Å². The van der Waals surface area contributed by atoms with E-state index in [1.54, 1.807) is 14.2 Å². The van der Waals surface area contributed by atoms with Crippen molar-refractivity contribution in [3.05, 3.63) is 59.7 Å². The van der Waals surface area contributed by atoms with Crippen LogP contribution in [0.4, 0.5) is 0 Å². The molecule has 6 nitrogen and oxygen atoms in total. The molecule has 3 rings (SSSR count). The maximum Gasteiger partial charge on any atom is 0.223 e. The summed E-state index contributed by atoms with van der Waals surface area (Å²) in [5.41, 5.74) is 1.91. The van der Waals surface area contributed by atoms with Gasteiger partial charge in [0.1, 0.15) is 11.5 Å². The van der Waals surface area contributed by atoms with E-state index >= 15 is 0 Å². The number of methoxy groups -OCH3 is 2. The van der Waals surface area contributed by atoms with Crippen molar-refractivity contribution in [2.45, 2.75) is 38.8 Å². The lowest BCUT2D eigenvalue weighted by atomic mass is 9.81. The Kier molecular flexibility index (Phi) is 7.71. The lowest BCUT2D eigenvalue weighted by molar-refractivity contribution is -0.130. The smallest absolute Gasteiger partial charge is 0.223 e. The van der Waals surface area contributed by atoms with Gasteiger partial charge in [0.05, 0.1) is 14.2 Å². The van der Waals surface area contributed by atoms with E-state index in [1.807, 2.05) is 48.5 Å². The number of hydrogen-bond acceptors (Lipinski definition) is 4. The molecular formula is C24H30N2O4. The second kappa shape index (κ2) is 10.7. The van der Waals surface area contributed by atoms with Crippen molar-refractivity contribution in [3.63, 3.8) is 0 Å². The molecule has 0 spiro atoms. The number of amides is 2. The SMILES string of the molecule is COc1ccccc1CNC(=O)C1CCC(C(=O)NCc2ccccc2OC)CC1. The Balaban J connectivity index is 1.43. The number of ether oxygens (including phenoxy) is 2. The fraction of sp³-hybridized carbons (Fsp3) is 0.417. The lowest BCUT2D eigenvalue weighted by Crippen LogP contribution is -2.37. The molecule has 0 radical (unpaired) electrons. The molecule has 0 bridgehead atoms. The van der Waals surface area contributed by atoms with Gasteiger partial charge in [-0.05, 0) is 37.8 Å². The van der Waals surface area contributed by atoms with Crippen LogP contribution in [0.2, 0.25) is 0 Å². The highest BCUT2D eigenvalue weighted by molar-refractivity contribution is 5.81. The summed E-state index contributed by atoms with van der Waals surface area (Å²) in [7, 11) is 3.25. The predicted molar refractivity (Wildman–Crippen MR) is 115 cm³/mol. The van der Waals surface area contributed by atoms with Gasteiger partial charge >= 0.3 is 0 Å². The van der Waals surface area contributed by atoms with Crippen molar-refractivity contribution in [1.29, 1.82) is 0 Å².